The topological polar surface area (TPSA) is 72.4 Å². The van der Waals surface area contributed by atoms with Crippen LogP contribution in [0.4, 0.5) is 0 Å². The van der Waals surface area contributed by atoms with E-state index in [0.29, 0.717) is 29.1 Å². The molecule has 0 saturated carbocycles. The second-order valence-electron chi connectivity index (χ2n) is 6.34. The Labute approximate surface area is 146 Å². The number of aromatic nitrogens is 1. The van der Waals surface area contributed by atoms with Gasteiger partial charge in [-0.15, -0.1) is 0 Å². The van der Waals surface area contributed by atoms with Gasteiger partial charge in [-0.3, -0.25) is 4.79 Å². The summed E-state index contributed by atoms with van der Waals surface area (Å²) < 4.78 is 5.50. The Morgan fingerprint density at radius 3 is 2.88 bits per heavy atom. The number of nitrogens with zero attached hydrogens (tertiary/aromatic N) is 2. The molecule has 3 rings (SSSR count). The first kappa shape index (κ1) is 17.0. The molecule has 5 nitrogen and oxygen atoms in total. The van der Waals surface area contributed by atoms with Crippen molar-refractivity contribution in [1.29, 1.82) is 0 Å². The quantitative estimate of drug-likeness (QED) is 0.922. The van der Waals surface area contributed by atoms with E-state index in [9.17, 15) is 4.79 Å². The van der Waals surface area contributed by atoms with Crippen LogP contribution in [0.2, 0.25) is 5.02 Å². The molecule has 1 amide bonds. The molecule has 0 bridgehead atoms. The fourth-order valence-corrected chi connectivity index (χ4v) is 3.41. The molecule has 1 saturated heterocycles. The Morgan fingerprint density at radius 1 is 1.42 bits per heavy atom. The first-order valence-corrected chi connectivity index (χ1v) is 8.66. The average Bonchev–Trinajstić information content (AvgIpc) is 3.03. The molecule has 2 heterocycles. The van der Waals surface area contributed by atoms with E-state index in [4.69, 9.17) is 21.8 Å². The lowest BCUT2D eigenvalue weighted by Gasteiger charge is -2.39. The maximum Gasteiger partial charge on any atom is 0.229 e. The van der Waals surface area contributed by atoms with Crippen LogP contribution in [0.15, 0.2) is 34.9 Å². The molecule has 0 unspecified atom stereocenters. The van der Waals surface area contributed by atoms with Crippen LogP contribution in [0.3, 0.4) is 0 Å². The minimum Gasteiger partial charge on any atom is -0.444 e. The first-order valence-electron chi connectivity index (χ1n) is 8.28. The number of halogens is 1. The second kappa shape index (κ2) is 7.36. The SMILES string of the molecule is C[C@@H]1CCCN(C(=O)Cc2coc(-c3ccc(Cl)cc3)n2)[C@H]1CN. The van der Waals surface area contributed by atoms with Gasteiger partial charge in [0.25, 0.3) is 0 Å². The van der Waals surface area contributed by atoms with Gasteiger partial charge in [-0.2, -0.15) is 0 Å². The molecule has 0 radical (unpaired) electrons. The van der Waals surface area contributed by atoms with Crippen molar-refractivity contribution < 1.29 is 9.21 Å². The number of nitrogens with two attached hydrogens (primary N) is 1. The summed E-state index contributed by atoms with van der Waals surface area (Å²) in [5.74, 6) is 0.999. The van der Waals surface area contributed by atoms with Crippen molar-refractivity contribution in [2.75, 3.05) is 13.1 Å². The highest BCUT2D eigenvalue weighted by Gasteiger charge is 2.31. The molecule has 1 aromatic heterocycles. The van der Waals surface area contributed by atoms with Crippen LogP contribution in [0, 0.1) is 5.92 Å². The van der Waals surface area contributed by atoms with Crippen molar-refractivity contribution in [2.24, 2.45) is 11.7 Å². The zero-order chi connectivity index (χ0) is 17.1. The molecule has 2 N–H and O–H groups in total. The largest absolute Gasteiger partial charge is 0.444 e. The third-order valence-corrected chi connectivity index (χ3v) is 4.90. The Morgan fingerprint density at radius 2 is 2.17 bits per heavy atom. The zero-order valence-electron chi connectivity index (χ0n) is 13.7. The van der Waals surface area contributed by atoms with Crippen LogP contribution < -0.4 is 5.73 Å². The summed E-state index contributed by atoms with van der Waals surface area (Å²) in [6, 6.07) is 7.38. The van der Waals surface area contributed by atoms with Crippen LogP contribution in [0.25, 0.3) is 11.5 Å². The van der Waals surface area contributed by atoms with E-state index in [0.717, 1.165) is 24.9 Å². The predicted octanol–water partition coefficient (Wildman–Crippen LogP) is 3.12. The van der Waals surface area contributed by atoms with Gasteiger partial charge in [0, 0.05) is 29.7 Å². The molecule has 2 atom stereocenters. The summed E-state index contributed by atoms with van der Waals surface area (Å²) in [4.78, 5) is 19.0. The number of rotatable bonds is 4. The predicted molar refractivity (Wildman–Crippen MR) is 93.6 cm³/mol. The van der Waals surface area contributed by atoms with E-state index in [2.05, 4.69) is 11.9 Å². The van der Waals surface area contributed by atoms with Crippen molar-refractivity contribution in [2.45, 2.75) is 32.2 Å². The second-order valence-corrected chi connectivity index (χ2v) is 6.77. The maximum absolute atomic E-state index is 12.6. The molecule has 6 heteroatoms. The Balaban J connectivity index is 1.70. The third-order valence-electron chi connectivity index (χ3n) is 4.65. The van der Waals surface area contributed by atoms with E-state index in [1.54, 1.807) is 18.4 Å². The molecular weight excluding hydrogens is 326 g/mol. The molecule has 1 fully saturated rings. The van der Waals surface area contributed by atoms with Crippen molar-refractivity contribution in [3.8, 4) is 11.5 Å². The number of carbonyl (C=O) groups excluding carboxylic acids is 1. The van der Waals surface area contributed by atoms with Gasteiger partial charge in [0.05, 0.1) is 12.1 Å². The van der Waals surface area contributed by atoms with Crippen molar-refractivity contribution >= 4 is 17.5 Å². The minimum absolute atomic E-state index is 0.0629. The van der Waals surface area contributed by atoms with Crippen LogP contribution >= 0.6 is 11.6 Å². The van der Waals surface area contributed by atoms with Crippen molar-refractivity contribution in [1.82, 2.24) is 9.88 Å². The van der Waals surface area contributed by atoms with E-state index >= 15 is 0 Å². The summed E-state index contributed by atoms with van der Waals surface area (Å²) in [7, 11) is 0. The lowest BCUT2D eigenvalue weighted by Crippen LogP contribution is -2.51. The Hall–Kier alpha value is -1.85. The summed E-state index contributed by atoms with van der Waals surface area (Å²) >= 11 is 5.89. The van der Waals surface area contributed by atoms with Gasteiger partial charge in [0.1, 0.15) is 6.26 Å². The molecule has 24 heavy (non-hydrogen) atoms. The average molecular weight is 348 g/mol. The number of amides is 1. The number of carbonyl (C=O) groups is 1. The van der Waals surface area contributed by atoms with E-state index in [1.165, 1.54) is 0 Å². The third kappa shape index (κ3) is 3.62. The van der Waals surface area contributed by atoms with Crippen LogP contribution in [-0.4, -0.2) is 34.9 Å². The molecule has 1 aliphatic heterocycles. The normalized spacial score (nSPS) is 21.0. The Bertz CT molecular complexity index is 699. The van der Waals surface area contributed by atoms with Gasteiger partial charge in [0.2, 0.25) is 11.8 Å². The van der Waals surface area contributed by atoms with Gasteiger partial charge in [-0.1, -0.05) is 18.5 Å². The van der Waals surface area contributed by atoms with Gasteiger partial charge < -0.3 is 15.1 Å². The summed E-state index contributed by atoms with van der Waals surface area (Å²) in [6.07, 6.45) is 3.93. The lowest BCUT2D eigenvalue weighted by atomic mass is 9.90. The zero-order valence-corrected chi connectivity index (χ0v) is 14.5. The van der Waals surface area contributed by atoms with E-state index in [1.807, 2.05) is 17.0 Å². The smallest absolute Gasteiger partial charge is 0.229 e. The summed E-state index contributed by atoms with van der Waals surface area (Å²) in [6.45, 7) is 3.43. The highest BCUT2D eigenvalue weighted by atomic mass is 35.5. The first-order chi connectivity index (χ1) is 11.6. The molecular formula is C18H22ClN3O2. The fraction of sp³-hybridized carbons (Fsp3) is 0.444. The molecule has 1 aromatic carbocycles. The lowest BCUT2D eigenvalue weighted by molar-refractivity contribution is -0.135. The van der Waals surface area contributed by atoms with Crippen LogP contribution in [-0.2, 0) is 11.2 Å². The minimum atomic E-state index is 0.0629. The van der Waals surface area contributed by atoms with Gasteiger partial charge in [-0.25, -0.2) is 4.98 Å². The molecule has 1 aliphatic rings. The van der Waals surface area contributed by atoms with Crippen molar-refractivity contribution in [3.63, 3.8) is 0 Å². The van der Waals surface area contributed by atoms with Gasteiger partial charge in [0.15, 0.2) is 0 Å². The highest BCUT2D eigenvalue weighted by Crippen LogP contribution is 2.24. The van der Waals surface area contributed by atoms with Crippen molar-refractivity contribution in [3.05, 3.63) is 41.2 Å². The molecule has 2 aromatic rings. The molecule has 0 aliphatic carbocycles. The maximum atomic E-state index is 12.6. The number of hydrogen-bond acceptors (Lipinski definition) is 4. The number of likely N-dealkylation sites (tertiary alicyclic amines) is 1. The van der Waals surface area contributed by atoms with E-state index in [-0.39, 0.29) is 18.4 Å². The number of oxazole rings is 1. The number of benzene rings is 1. The molecule has 128 valence electrons. The number of hydrogen-bond donors (Lipinski definition) is 1. The highest BCUT2D eigenvalue weighted by molar-refractivity contribution is 6.30. The standard InChI is InChI=1S/C18H22ClN3O2/c1-12-3-2-8-22(16(12)10-20)17(23)9-15-11-24-18(21-15)13-4-6-14(19)7-5-13/h4-7,11-12,16H,2-3,8-10,20H2,1H3/t12-,16+/m1/s1. The Kier molecular flexibility index (Phi) is 5.21. The van der Waals surface area contributed by atoms with E-state index < -0.39 is 0 Å². The molecule has 0 spiro atoms. The van der Waals surface area contributed by atoms with Crippen LogP contribution in [0.5, 0.6) is 0 Å². The summed E-state index contributed by atoms with van der Waals surface area (Å²) in [5, 5.41) is 0.660. The van der Waals surface area contributed by atoms with Gasteiger partial charge in [-0.05, 0) is 43.0 Å². The van der Waals surface area contributed by atoms with Crippen LogP contribution in [0.1, 0.15) is 25.5 Å². The fourth-order valence-electron chi connectivity index (χ4n) is 3.29. The monoisotopic (exact) mass is 347 g/mol. The van der Waals surface area contributed by atoms with Gasteiger partial charge >= 0.3 is 0 Å². The number of piperidine rings is 1. The summed E-state index contributed by atoms with van der Waals surface area (Å²) in [5.41, 5.74) is 7.34.